The zero-order valence-corrected chi connectivity index (χ0v) is 20.5. The first-order chi connectivity index (χ1) is 16.7. The number of ether oxygens (including phenoxy) is 1. The van der Waals surface area contributed by atoms with Gasteiger partial charge in [0.2, 0.25) is 0 Å². The first-order valence-electron chi connectivity index (χ1n) is 11.7. The van der Waals surface area contributed by atoms with Gasteiger partial charge in [-0.2, -0.15) is 0 Å². The van der Waals surface area contributed by atoms with Gasteiger partial charge in [0.1, 0.15) is 5.60 Å². The molecule has 9 heteroatoms. The summed E-state index contributed by atoms with van der Waals surface area (Å²) in [6.07, 6.45) is 3.75. The SMILES string of the molecule is CCNC(=O)Nc1ccc(-c2nc3c(c(-c4ccncc4)n2)CCN(C(=O)OC(C)(C)C)C3)cc1. The largest absolute Gasteiger partial charge is 0.444 e. The molecule has 4 rings (SSSR count). The number of carbonyl (C=O) groups excluding carboxylic acids is 2. The lowest BCUT2D eigenvalue weighted by Crippen LogP contribution is -2.40. The second-order valence-electron chi connectivity index (χ2n) is 9.27. The van der Waals surface area contributed by atoms with Crippen LogP contribution in [-0.2, 0) is 17.7 Å². The van der Waals surface area contributed by atoms with Crippen molar-refractivity contribution in [1.82, 2.24) is 25.2 Å². The van der Waals surface area contributed by atoms with E-state index >= 15 is 0 Å². The zero-order chi connectivity index (χ0) is 25.0. The second-order valence-corrected chi connectivity index (χ2v) is 9.27. The molecule has 1 aliphatic heterocycles. The van der Waals surface area contributed by atoms with Gasteiger partial charge in [0, 0.05) is 47.9 Å². The number of fused-ring (bicyclic) bond motifs is 1. The number of urea groups is 1. The summed E-state index contributed by atoms with van der Waals surface area (Å²) in [5.41, 5.74) is 4.50. The number of amides is 3. The van der Waals surface area contributed by atoms with Crippen LogP contribution >= 0.6 is 0 Å². The number of aromatic nitrogens is 3. The minimum atomic E-state index is -0.569. The van der Waals surface area contributed by atoms with E-state index in [1.807, 2.05) is 64.1 Å². The molecule has 0 spiro atoms. The highest BCUT2D eigenvalue weighted by molar-refractivity contribution is 5.89. The summed E-state index contributed by atoms with van der Waals surface area (Å²) < 4.78 is 5.58. The Morgan fingerprint density at radius 1 is 1.03 bits per heavy atom. The maximum atomic E-state index is 12.7. The molecule has 9 nitrogen and oxygen atoms in total. The predicted octanol–water partition coefficient (Wildman–Crippen LogP) is 4.64. The smallest absolute Gasteiger partial charge is 0.410 e. The highest BCUT2D eigenvalue weighted by atomic mass is 16.6. The Bertz CT molecular complexity index is 1210. The number of nitrogens with zero attached hydrogens (tertiary/aromatic N) is 4. The van der Waals surface area contributed by atoms with E-state index in [4.69, 9.17) is 14.7 Å². The average Bonchev–Trinajstić information content (AvgIpc) is 2.83. The normalized spacial score (nSPS) is 13.1. The molecule has 1 aromatic carbocycles. The Morgan fingerprint density at radius 2 is 1.74 bits per heavy atom. The third kappa shape index (κ3) is 5.92. The molecule has 0 aliphatic carbocycles. The maximum absolute atomic E-state index is 12.7. The van der Waals surface area contributed by atoms with Gasteiger partial charge < -0.3 is 20.3 Å². The van der Waals surface area contributed by atoms with E-state index in [9.17, 15) is 9.59 Å². The fourth-order valence-corrected chi connectivity index (χ4v) is 3.83. The Morgan fingerprint density at radius 3 is 2.40 bits per heavy atom. The van der Waals surface area contributed by atoms with Crippen molar-refractivity contribution < 1.29 is 14.3 Å². The molecule has 0 fully saturated rings. The summed E-state index contributed by atoms with van der Waals surface area (Å²) in [5.74, 6) is 0.547. The number of carbonyl (C=O) groups is 2. The highest BCUT2D eigenvalue weighted by Gasteiger charge is 2.29. The molecular weight excluding hydrogens is 444 g/mol. The van der Waals surface area contributed by atoms with Crippen molar-refractivity contribution in [2.75, 3.05) is 18.4 Å². The van der Waals surface area contributed by atoms with E-state index in [1.165, 1.54) is 0 Å². The average molecular weight is 475 g/mol. The molecule has 0 radical (unpaired) electrons. The van der Waals surface area contributed by atoms with Crippen LogP contribution in [0.25, 0.3) is 22.6 Å². The van der Waals surface area contributed by atoms with Crippen molar-refractivity contribution in [2.24, 2.45) is 0 Å². The van der Waals surface area contributed by atoms with Gasteiger partial charge in [0.15, 0.2) is 5.82 Å². The van der Waals surface area contributed by atoms with Crippen LogP contribution in [0.2, 0.25) is 0 Å². The molecule has 182 valence electrons. The van der Waals surface area contributed by atoms with Crippen LogP contribution < -0.4 is 10.6 Å². The van der Waals surface area contributed by atoms with Crippen molar-refractivity contribution in [1.29, 1.82) is 0 Å². The number of anilines is 1. The van der Waals surface area contributed by atoms with E-state index in [-0.39, 0.29) is 12.1 Å². The van der Waals surface area contributed by atoms with Gasteiger partial charge in [0.25, 0.3) is 0 Å². The Hall–Kier alpha value is -4.01. The van der Waals surface area contributed by atoms with Crippen LogP contribution in [0.1, 0.15) is 39.0 Å². The van der Waals surface area contributed by atoms with Crippen LogP contribution in [0.5, 0.6) is 0 Å². The maximum Gasteiger partial charge on any atom is 0.410 e. The number of pyridine rings is 1. The summed E-state index contributed by atoms with van der Waals surface area (Å²) in [4.78, 5) is 40.1. The lowest BCUT2D eigenvalue weighted by Gasteiger charge is -2.31. The van der Waals surface area contributed by atoms with Crippen molar-refractivity contribution in [2.45, 2.75) is 46.3 Å². The molecule has 3 heterocycles. The number of rotatable bonds is 4. The van der Waals surface area contributed by atoms with Gasteiger partial charge in [-0.1, -0.05) is 0 Å². The molecule has 0 bridgehead atoms. The molecule has 0 atom stereocenters. The van der Waals surface area contributed by atoms with Gasteiger partial charge in [-0.15, -0.1) is 0 Å². The number of hydrogen-bond donors (Lipinski definition) is 2. The fourth-order valence-electron chi connectivity index (χ4n) is 3.83. The summed E-state index contributed by atoms with van der Waals surface area (Å²) in [6, 6.07) is 11.0. The van der Waals surface area contributed by atoms with Gasteiger partial charge in [-0.3, -0.25) is 4.98 Å². The number of nitrogens with one attached hydrogen (secondary N) is 2. The van der Waals surface area contributed by atoms with Crippen LogP contribution in [0.3, 0.4) is 0 Å². The summed E-state index contributed by atoms with van der Waals surface area (Å²) in [5, 5.41) is 5.49. The molecule has 2 aromatic heterocycles. The van der Waals surface area contributed by atoms with Gasteiger partial charge in [-0.25, -0.2) is 19.6 Å². The first-order valence-corrected chi connectivity index (χ1v) is 11.7. The Labute approximate surface area is 205 Å². The molecule has 3 aromatic rings. The summed E-state index contributed by atoms with van der Waals surface area (Å²) in [6.45, 7) is 8.85. The van der Waals surface area contributed by atoms with E-state index in [0.29, 0.717) is 37.6 Å². The Balaban J connectivity index is 1.68. The van der Waals surface area contributed by atoms with E-state index in [0.717, 1.165) is 28.1 Å². The topological polar surface area (TPSA) is 109 Å². The Kier molecular flexibility index (Phi) is 6.95. The minimum Gasteiger partial charge on any atom is -0.444 e. The zero-order valence-electron chi connectivity index (χ0n) is 20.5. The molecule has 35 heavy (non-hydrogen) atoms. The molecule has 0 unspecified atom stereocenters. The predicted molar refractivity (Wildman–Crippen MR) is 134 cm³/mol. The quantitative estimate of drug-likeness (QED) is 0.570. The first kappa shape index (κ1) is 24.1. The van der Waals surface area contributed by atoms with Crippen LogP contribution in [0.15, 0.2) is 48.8 Å². The summed E-state index contributed by atoms with van der Waals surface area (Å²) in [7, 11) is 0. The molecular formula is C26H30N6O3. The number of hydrogen-bond acceptors (Lipinski definition) is 6. The fraction of sp³-hybridized carbons (Fsp3) is 0.346. The standard InChI is InChI=1S/C26H30N6O3/c1-5-28-24(33)29-19-8-6-18(7-9-19)23-30-21-16-32(25(34)35-26(2,3)4)15-12-20(21)22(31-23)17-10-13-27-14-11-17/h6-11,13-14H,5,12,15-16H2,1-4H3,(H2,28,29,33). The second kappa shape index (κ2) is 10.1. The van der Waals surface area contributed by atoms with Gasteiger partial charge >= 0.3 is 12.1 Å². The van der Waals surface area contributed by atoms with Crippen molar-refractivity contribution in [3.8, 4) is 22.6 Å². The van der Waals surface area contributed by atoms with Crippen molar-refractivity contribution in [3.05, 3.63) is 60.0 Å². The lowest BCUT2D eigenvalue weighted by atomic mass is 9.98. The third-order valence-corrected chi connectivity index (χ3v) is 5.41. The molecule has 3 amide bonds. The molecule has 0 saturated heterocycles. The summed E-state index contributed by atoms with van der Waals surface area (Å²) >= 11 is 0. The van der Waals surface area contributed by atoms with Crippen molar-refractivity contribution >= 4 is 17.8 Å². The monoisotopic (exact) mass is 474 g/mol. The van der Waals surface area contributed by atoms with Crippen molar-refractivity contribution in [3.63, 3.8) is 0 Å². The lowest BCUT2D eigenvalue weighted by molar-refractivity contribution is 0.0221. The van der Waals surface area contributed by atoms with Crippen LogP contribution in [0, 0.1) is 0 Å². The van der Waals surface area contributed by atoms with E-state index < -0.39 is 5.60 Å². The van der Waals surface area contributed by atoms with E-state index in [2.05, 4.69) is 15.6 Å². The number of benzene rings is 1. The van der Waals surface area contributed by atoms with E-state index in [1.54, 1.807) is 17.3 Å². The highest BCUT2D eigenvalue weighted by Crippen LogP contribution is 2.31. The minimum absolute atomic E-state index is 0.257. The van der Waals surface area contributed by atoms with Gasteiger partial charge in [0.05, 0.1) is 17.9 Å². The third-order valence-electron chi connectivity index (χ3n) is 5.41. The van der Waals surface area contributed by atoms with Crippen LogP contribution in [0.4, 0.5) is 15.3 Å². The molecule has 2 N–H and O–H groups in total. The van der Waals surface area contributed by atoms with Crippen LogP contribution in [-0.4, -0.2) is 50.7 Å². The molecule has 0 saturated carbocycles. The molecule has 1 aliphatic rings. The van der Waals surface area contributed by atoms with Gasteiger partial charge in [-0.05, 0) is 70.5 Å².